The summed E-state index contributed by atoms with van der Waals surface area (Å²) in [6.45, 7) is 3.36. The summed E-state index contributed by atoms with van der Waals surface area (Å²) in [4.78, 5) is 26.5. The number of benzene rings is 2. The maximum absolute atomic E-state index is 12.8. The van der Waals surface area contributed by atoms with E-state index in [0.29, 0.717) is 53.9 Å². The van der Waals surface area contributed by atoms with Gasteiger partial charge in [-0.1, -0.05) is 17.7 Å². The Morgan fingerprint density at radius 3 is 2.71 bits per heavy atom. The third kappa shape index (κ3) is 4.39. The number of hydrogen-bond acceptors (Lipinski definition) is 4. The van der Waals surface area contributed by atoms with Crippen LogP contribution in [0.3, 0.4) is 0 Å². The molecule has 2 aromatic rings. The van der Waals surface area contributed by atoms with Gasteiger partial charge in [-0.2, -0.15) is 0 Å². The van der Waals surface area contributed by atoms with Crippen LogP contribution >= 0.6 is 11.6 Å². The zero-order chi connectivity index (χ0) is 20.1. The molecule has 2 aromatic carbocycles. The standard InChI is InChI=1S/C21H23ClN2O4/c1-3-28-18-9-6-14(11-19(18)27-2)13-23-21(26)16-8-7-15(22)12-17(16)24-10-4-5-20(24)25/h6-9,11-12H,3-5,10,13H2,1-2H3,(H,23,26). The number of ether oxygens (including phenoxy) is 2. The second-order valence-electron chi connectivity index (χ2n) is 6.41. The Morgan fingerprint density at radius 2 is 2.04 bits per heavy atom. The number of nitrogens with one attached hydrogen (secondary N) is 1. The lowest BCUT2D eigenvalue weighted by atomic mass is 10.1. The molecule has 1 aliphatic heterocycles. The number of rotatable bonds is 7. The van der Waals surface area contributed by atoms with Crippen LogP contribution in [0.25, 0.3) is 0 Å². The van der Waals surface area contributed by atoms with Crippen LogP contribution in [0.4, 0.5) is 5.69 Å². The first kappa shape index (κ1) is 20.0. The van der Waals surface area contributed by atoms with Crippen LogP contribution in [-0.4, -0.2) is 32.1 Å². The van der Waals surface area contributed by atoms with Crippen molar-refractivity contribution in [3.8, 4) is 11.5 Å². The highest BCUT2D eigenvalue weighted by Gasteiger charge is 2.26. The molecule has 6 nitrogen and oxygen atoms in total. The van der Waals surface area contributed by atoms with Crippen LogP contribution in [0, 0.1) is 0 Å². The highest BCUT2D eigenvalue weighted by molar-refractivity contribution is 6.31. The van der Waals surface area contributed by atoms with E-state index in [0.717, 1.165) is 12.0 Å². The van der Waals surface area contributed by atoms with Gasteiger partial charge in [-0.25, -0.2) is 0 Å². The van der Waals surface area contributed by atoms with Crippen molar-refractivity contribution in [2.75, 3.05) is 25.2 Å². The van der Waals surface area contributed by atoms with Crippen molar-refractivity contribution >= 4 is 29.1 Å². The Bertz CT molecular complexity index is 885. The minimum absolute atomic E-state index is 0.00701. The summed E-state index contributed by atoms with van der Waals surface area (Å²) >= 11 is 6.10. The van der Waals surface area contributed by atoms with Crippen molar-refractivity contribution < 1.29 is 19.1 Å². The van der Waals surface area contributed by atoms with Gasteiger partial charge in [-0.3, -0.25) is 9.59 Å². The Morgan fingerprint density at radius 1 is 1.21 bits per heavy atom. The van der Waals surface area contributed by atoms with E-state index >= 15 is 0 Å². The molecule has 2 amide bonds. The topological polar surface area (TPSA) is 67.9 Å². The molecular weight excluding hydrogens is 380 g/mol. The molecule has 1 saturated heterocycles. The lowest BCUT2D eigenvalue weighted by Crippen LogP contribution is -2.29. The zero-order valence-corrected chi connectivity index (χ0v) is 16.7. The molecule has 7 heteroatoms. The van der Waals surface area contributed by atoms with Crippen molar-refractivity contribution in [1.82, 2.24) is 5.32 Å². The number of hydrogen-bond donors (Lipinski definition) is 1. The van der Waals surface area contributed by atoms with Gasteiger partial charge < -0.3 is 19.7 Å². The predicted molar refractivity (Wildman–Crippen MR) is 108 cm³/mol. The van der Waals surface area contributed by atoms with E-state index in [1.165, 1.54) is 0 Å². The van der Waals surface area contributed by atoms with Crippen LogP contribution in [0.2, 0.25) is 5.02 Å². The lowest BCUT2D eigenvalue weighted by Gasteiger charge is -2.20. The average molecular weight is 403 g/mol. The molecule has 148 valence electrons. The number of carbonyl (C=O) groups excluding carboxylic acids is 2. The second-order valence-corrected chi connectivity index (χ2v) is 6.85. The van der Waals surface area contributed by atoms with E-state index < -0.39 is 0 Å². The van der Waals surface area contributed by atoms with Crippen LogP contribution in [0.5, 0.6) is 11.5 Å². The highest BCUT2D eigenvalue weighted by Crippen LogP contribution is 2.30. The van der Waals surface area contributed by atoms with E-state index in [1.807, 2.05) is 25.1 Å². The third-order valence-electron chi connectivity index (χ3n) is 4.55. The molecule has 28 heavy (non-hydrogen) atoms. The maximum Gasteiger partial charge on any atom is 0.253 e. The van der Waals surface area contributed by atoms with Gasteiger partial charge in [-0.05, 0) is 49.2 Å². The average Bonchev–Trinajstić information content (AvgIpc) is 3.12. The van der Waals surface area contributed by atoms with E-state index in [-0.39, 0.29) is 11.8 Å². The van der Waals surface area contributed by atoms with Gasteiger partial charge in [-0.15, -0.1) is 0 Å². The molecule has 0 unspecified atom stereocenters. The highest BCUT2D eigenvalue weighted by atomic mass is 35.5. The number of nitrogens with zero attached hydrogens (tertiary/aromatic N) is 1. The van der Waals surface area contributed by atoms with Gasteiger partial charge in [0.2, 0.25) is 5.91 Å². The lowest BCUT2D eigenvalue weighted by molar-refractivity contribution is -0.117. The molecule has 1 fully saturated rings. The van der Waals surface area contributed by atoms with Gasteiger partial charge in [0.15, 0.2) is 11.5 Å². The fourth-order valence-electron chi connectivity index (χ4n) is 3.20. The third-order valence-corrected chi connectivity index (χ3v) is 4.78. The summed E-state index contributed by atoms with van der Waals surface area (Å²) in [5, 5.41) is 3.39. The minimum Gasteiger partial charge on any atom is -0.493 e. The summed E-state index contributed by atoms with van der Waals surface area (Å²) in [5.74, 6) is 1.02. The van der Waals surface area contributed by atoms with Crippen LogP contribution in [-0.2, 0) is 11.3 Å². The van der Waals surface area contributed by atoms with Gasteiger partial charge in [0, 0.05) is 24.5 Å². The van der Waals surface area contributed by atoms with Crippen molar-refractivity contribution in [2.45, 2.75) is 26.3 Å². The first-order valence-electron chi connectivity index (χ1n) is 9.21. The summed E-state index contributed by atoms with van der Waals surface area (Å²) in [5.41, 5.74) is 1.86. The Labute approximate surface area is 169 Å². The Hall–Kier alpha value is -2.73. The minimum atomic E-state index is -0.265. The molecule has 0 radical (unpaired) electrons. The molecule has 0 atom stereocenters. The van der Waals surface area contributed by atoms with E-state index in [4.69, 9.17) is 21.1 Å². The fraction of sp³-hybridized carbons (Fsp3) is 0.333. The molecule has 1 aliphatic rings. The monoisotopic (exact) mass is 402 g/mol. The molecule has 0 bridgehead atoms. The van der Waals surface area contributed by atoms with Gasteiger partial charge >= 0.3 is 0 Å². The van der Waals surface area contributed by atoms with Crippen molar-refractivity contribution in [3.63, 3.8) is 0 Å². The van der Waals surface area contributed by atoms with Crippen molar-refractivity contribution in [3.05, 3.63) is 52.5 Å². The molecule has 3 rings (SSSR count). The number of carbonyl (C=O) groups is 2. The molecule has 0 saturated carbocycles. The summed E-state index contributed by atoms with van der Waals surface area (Å²) in [6, 6.07) is 10.5. The van der Waals surface area contributed by atoms with E-state index in [9.17, 15) is 9.59 Å². The number of amides is 2. The SMILES string of the molecule is CCOc1ccc(CNC(=O)c2ccc(Cl)cc2N2CCCC2=O)cc1OC. The Balaban J connectivity index is 1.76. The molecular formula is C21H23ClN2O4. The number of anilines is 1. The largest absolute Gasteiger partial charge is 0.493 e. The first-order valence-corrected chi connectivity index (χ1v) is 9.59. The summed E-state index contributed by atoms with van der Waals surface area (Å²) in [6.07, 6.45) is 1.26. The van der Waals surface area contributed by atoms with E-state index in [1.54, 1.807) is 30.2 Å². The first-order chi connectivity index (χ1) is 13.5. The van der Waals surface area contributed by atoms with Crippen molar-refractivity contribution in [2.24, 2.45) is 0 Å². The van der Waals surface area contributed by atoms with Crippen LogP contribution in [0.15, 0.2) is 36.4 Å². The van der Waals surface area contributed by atoms with Crippen LogP contribution in [0.1, 0.15) is 35.7 Å². The van der Waals surface area contributed by atoms with Crippen molar-refractivity contribution in [1.29, 1.82) is 0 Å². The molecule has 1 N–H and O–H groups in total. The van der Waals surface area contributed by atoms with Gasteiger partial charge in [0.25, 0.3) is 5.91 Å². The Kier molecular flexibility index (Phi) is 6.41. The van der Waals surface area contributed by atoms with Gasteiger partial charge in [0.05, 0.1) is 25.0 Å². The summed E-state index contributed by atoms with van der Waals surface area (Å²) in [7, 11) is 1.58. The van der Waals surface area contributed by atoms with E-state index in [2.05, 4.69) is 5.32 Å². The molecule has 1 heterocycles. The fourth-order valence-corrected chi connectivity index (χ4v) is 3.36. The maximum atomic E-state index is 12.8. The van der Waals surface area contributed by atoms with Gasteiger partial charge in [0.1, 0.15) is 0 Å². The molecule has 0 aromatic heterocycles. The molecule has 0 spiro atoms. The predicted octanol–water partition coefficient (Wildman–Crippen LogP) is 3.80. The number of methoxy groups -OCH3 is 1. The normalized spacial score (nSPS) is 13.5. The second kappa shape index (κ2) is 8.97. The molecule has 0 aliphatic carbocycles. The smallest absolute Gasteiger partial charge is 0.253 e. The quantitative estimate of drug-likeness (QED) is 0.764. The summed E-state index contributed by atoms with van der Waals surface area (Å²) < 4.78 is 10.9. The van der Waals surface area contributed by atoms with Crippen LogP contribution < -0.4 is 19.7 Å². The number of halogens is 1. The zero-order valence-electron chi connectivity index (χ0n) is 16.0.